The summed E-state index contributed by atoms with van der Waals surface area (Å²) in [6.07, 6.45) is 7.12. The van der Waals surface area contributed by atoms with Gasteiger partial charge in [-0.1, -0.05) is 26.2 Å². The largest absolute Gasteiger partial charge is 0.350 e. The molecule has 3 nitrogen and oxygen atoms in total. The Morgan fingerprint density at radius 3 is 2.50 bits per heavy atom. The SMILES string of the molecule is CCC(C)NCC(=O)NC1(C)CCCCC1. The van der Waals surface area contributed by atoms with E-state index >= 15 is 0 Å². The van der Waals surface area contributed by atoms with Crippen molar-refractivity contribution in [2.45, 2.75) is 70.9 Å². The fourth-order valence-corrected chi connectivity index (χ4v) is 2.25. The normalized spacial score (nSPS) is 21.4. The quantitative estimate of drug-likeness (QED) is 0.754. The summed E-state index contributed by atoms with van der Waals surface area (Å²) in [5.41, 5.74) is 0.0481. The van der Waals surface area contributed by atoms with Crippen molar-refractivity contribution in [1.82, 2.24) is 10.6 Å². The van der Waals surface area contributed by atoms with E-state index in [2.05, 4.69) is 31.4 Å². The van der Waals surface area contributed by atoms with E-state index in [4.69, 9.17) is 0 Å². The molecule has 1 amide bonds. The zero-order chi connectivity index (χ0) is 12.0. The number of hydrogen-bond donors (Lipinski definition) is 2. The molecular weight excluding hydrogens is 200 g/mol. The summed E-state index contributed by atoms with van der Waals surface area (Å²) in [7, 11) is 0. The van der Waals surface area contributed by atoms with Gasteiger partial charge in [-0.2, -0.15) is 0 Å². The smallest absolute Gasteiger partial charge is 0.234 e. The fraction of sp³-hybridized carbons (Fsp3) is 0.923. The molecule has 0 radical (unpaired) electrons. The van der Waals surface area contributed by atoms with Crippen LogP contribution < -0.4 is 10.6 Å². The van der Waals surface area contributed by atoms with Crippen molar-refractivity contribution in [3.05, 3.63) is 0 Å². The van der Waals surface area contributed by atoms with Crippen molar-refractivity contribution in [2.75, 3.05) is 6.54 Å². The topological polar surface area (TPSA) is 41.1 Å². The van der Waals surface area contributed by atoms with E-state index in [1.165, 1.54) is 19.3 Å². The number of amides is 1. The van der Waals surface area contributed by atoms with Gasteiger partial charge in [0.2, 0.25) is 5.91 Å². The van der Waals surface area contributed by atoms with Crippen molar-refractivity contribution < 1.29 is 4.79 Å². The van der Waals surface area contributed by atoms with Gasteiger partial charge in [0.15, 0.2) is 0 Å². The van der Waals surface area contributed by atoms with Gasteiger partial charge >= 0.3 is 0 Å². The predicted octanol–water partition coefficient (Wildman–Crippen LogP) is 2.21. The van der Waals surface area contributed by atoms with Gasteiger partial charge in [-0.25, -0.2) is 0 Å². The van der Waals surface area contributed by atoms with Gasteiger partial charge in [-0.3, -0.25) is 4.79 Å². The summed E-state index contributed by atoms with van der Waals surface area (Å²) < 4.78 is 0. The van der Waals surface area contributed by atoms with Crippen molar-refractivity contribution in [1.29, 1.82) is 0 Å². The number of nitrogens with one attached hydrogen (secondary N) is 2. The molecule has 1 rings (SSSR count). The summed E-state index contributed by atoms with van der Waals surface area (Å²) in [5.74, 6) is 0.143. The molecule has 3 heteroatoms. The zero-order valence-electron chi connectivity index (χ0n) is 10.9. The summed E-state index contributed by atoms with van der Waals surface area (Å²) in [4.78, 5) is 11.8. The first-order chi connectivity index (χ1) is 7.56. The molecule has 1 unspecified atom stereocenters. The fourth-order valence-electron chi connectivity index (χ4n) is 2.25. The van der Waals surface area contributed by atoms with Crippen LogP contribution in [0.1, 0.15) is 59.3 Å². The van der Waals surface area contributed by atoms with Crippen molar-refractivity contribution in [2.24, 2.45) is 0 Å². The van der Waals surface area contributed by atoms with E-state index in [0.717, 1.165) is 19.3 Å². The summed E-state index contributed by atoms with van der Waals surface area (Å²) in [6.45, 7) is 6.85. The van der Waals surface area contributed by atoms with Crippen LogP contribution in [-0.4, -0.2) is 24.0 Å². The third-order valence-electron chi connectivity index (χ3n) is 3.62. The molecule has 94 valence electrons. The van der Waals surface area contributed by atoms with Gasteiger partial charge in [0.25, 0.3) is 0 Å². The molecule has 0 aromatic rings. The Bertz CT molecular complexity index is 222. The van der Waals surface area contributed by atoms with Crippen molar-refractivity contribution >= 4 is 5.91 Å². The number of hydrogen-bond acceptors (Lipinski definition) is 2. The van der Waals surface area contributed by atoms with Gasteiger partial charge < -0.3 is 10.6 Å². The maximum absolute atomic E-state index is 11.8. The molecule has 1 aliphatic carbocycles. The van der Waals surface area contributed by atoms with Crippen LogP contribution in [0.4, 0.5) is 0 Å². The van der Waals surface area contributed by atoms with Crippen LogP contribution in [0.15, 0.2) is 0 Å². The Balaban J connectivity index is 2.27. The molecule has 16 heavy (non-hydrogen) atoms. The van der Waals surface area contributed by atoms with E-state index in [1.807, 2.05) is 0 Å². The van der Waals surface area contributed by atoms with E-state index in [0.29, 0.717) is 12.6 Å². The Labute approximate surface area is 99.4 Å². The lowest BCUT2D eigenvalue weighted by Gasteiger charge is -2.34. The average molecular weight is 226 g/mol. The van der Waals surface area contributed by atoms with Crippen LogP contribution in [0.2, 0.25) is 0 Å². The number of carbonyl (C=O) groups is 1. The second-order valence-corrected chi connectivity index (χ2v) is 5.36. The van der Waals surface area contributed by atoms with Crippen LogP contribution >= 0.6 is 0 Å². The van der Waals surface area contributed by atoms with E-state index < -0.39 is 0 Å². The Morgan fingerprint density at radius 2 is 1.94 bits per heavy atom. The lowest BCUT2D eigenvalue weighted by atomic mass is 9.83. The minimum atomic E-state index is 0.0481. The molecule has 0 bridgehead atoms. The van der Waals surface area contributed by atoms with Crippen LogP contribution in [-0.2, 0) is 4.79 Å². The van der Waals surface area contributed by atoms with E-state index in [-0.39, 0.29) is 11.4 Å². The highest BCUT2D eigenvalue weighted by Gasteiger charge is 2.27. The standard InChI is InChI=1S/C13H26N2O/c1-4-11(2)14-10-12(16)15-13(3)8-6-5-7-9-13/h11,14H,4-10H2,1-3H3,(H,15,16). The van der Waals surface area contributed by atoms with Gasteiger partial charge in [0, 0.05) is 11.6 Å². The summed E-state index contributed by atoms with van der Waals surface area (Å²) >= 11 is 0. The minimum Gasteiger partial charge on any atom is -0.350 e. The maximum atomic E-state index is 11.8. The molecule has 0 aliphatic heterocycles. The first-order valence-corrected chi connectivity index (χ1v) is 6.60. The highest BCUT2D eigenvalue weighted by atomic mass is 16.2. The first kappa shape index (κ1) is 13.5. The molecule has 1 aliphatic rings. The van der Waals surface area contributed by atoms with Crippen LogP contribution in [0.25, 0.3) is 0 Å². The number of carbonyl (C=O) groups excluding carboxylic acids is 1. The Kier molecular flexibility index (Phi) is 5.26. The second-order valence-electron chi connectivity index (χ2n) is 5.36. The lowest BCUT2D eigenvalue weighted by molar-refractivity contribution is -0.122. The molecular formula is C13H26N2O. The van der Waals surface area contributed by atoms with Gasteiger partial charge in [0.1, 0.15) is 0 Å². The van der Waals surface area contributed by atoms with Crippen LogP contribution in [0, 0.1) is 0 Å². The molecule has 1 fully saturated rings. The van der Waals surface area contributed by atoms with E-state index in [1.54, 1.807) is 0 Å². The highest BCUT2D eigenvalue weighted by molar-refractivity contribution is 5.78. The Hall–Kier alpha value is -0.570. The molecule has 0 heterocycles. The van der Waals surface area contributed by atoms with Gasteiger partial charge in [0.05, 0.1) is 6.54 Å². The third kappa shape index (κ3) is 4.52. The zero-order valence-corrected chi connectivity index (χ0v) is 10.9. The van der Waals surface area contributed by atoms with Gasteiger partial charge in [-0.15, -0.1) is 0 Å². The summed E-state index contributed by atoms with van der Waals surface area (Å²) in [6, 6.07) is 0.421. The van der Waals surface area contributed by atoms with Crippen LogP contribution in [0.3, 0.4) is 0 Å². The molecule has 0 spiro atoms. The molecule has 0 aromatic carbocycles. The average Bonchev–Trinajstić information content (AvgIpc) is 2.26. The Morgan fingerprint density at radius 1 is 1.31 bits per heavy atom. The maximum Gasteiger partial charge on any atom is 0.234 e. The monoisotopic (exact) mass is 226 g/mol. The molecule has 0 aromatic heterocycles. The summed E-state index contributed by atoms with van der Waals surface area (Å²) in [5, 5.41) is 6.40. The molecule has 1 saturated carbocycles. The lowest BCUT2D eigenvalue weighted by Crippen LogP contribution is -2.50. The predicted molar refractivity (Wildman–Crippen MR) is 67.4 cm³/mol. The minimum absolute atomic E-state index is 0.0481. The molecule has 0 saturated heterocycles. The highest BCUT2D eigenvalue weighted by Crippen LogP contribution is 2.27. The van der Waals surface area contributed by atoms with E-state index in [9.17, 15) is 4.79 Å². The van der Waals surface area contributed by atoms with Crippen LogP contribution in [0.5, 0.6) is 0 Å². The molecule has 2 N–H and O–H groups in total. The molecule has 1 atom stereocenters. The van der Waals surface area contributed by atoms with Crippen molar-refractivity contribution in [3.63, 3.8) is 0 Å². The number of rotatable bonds is 5. The first-order valence-electron chi connectivity index (χ1n) is 6.60. The van der Waals surface area contributed by atoms with Gasteiger partial charge in [-0.05, 0) is 33.1 Å². The van der Waals surface area contributed by atoms with Crippen molar-refractivity contribution in [3.8, 4) is 0 Å². The third-order valence-corrected chi connectivity index (χ3v) is 3.62. The second kappa shape index (κ2) is 6.24.